The summed E-state index contributed by atoms with van der Waals surface area (Å²) in [5.74, 6) is 0. The third kappa shape index (κ3) is 2.51. The molecule has 0 rings (SSSR count). The quantitative estimate of drug-likeness (QED) is 0.360. The average molecular weight is 158 g/mol. The van der Waals surface area contributed by atoms with Crippen LogP contribution in [0.1, 0.15) is 0 Å². The van der Waals surface area contributed by atoms with Crippen molar-refractivity contribution in [3.8, 4) is 0 Å². The lowest BCUT2D eigenvalue weighted by atomic mass is 10.9. The molecule has 0 aliphatic rings. The van der Waals surface area contributed by atoms with Crippen LogP contribution in [0, 0.1) is 0 Å². The van der Waals surface area contributed by atoms with Crippen LogP contribution in [-0.2, 0) is 10.1 Å². The predicted octanol–water partition coefficient (Wildman–Crippen LogP) is -0.878. The molecule has 0 bridgehead atoms. The Bertz CT molecular complexity index is 147. The van der Waals surface area contributed by atoms with Crippen LogP contribution >= 0.6 is 12.6 Å². The molecular formula is C2H6O4S2. The minimum atomic E-state index is -4.14. The zero-order valence-electron chi connectivity index (χ0n) is 3.85. The Morgan fingerprint density at radius 1 is 1.62 bits per heavy atom. The van der Waals surface area contributed by atoms with Gasteiger partial charge in [-0.05, 0) is 0 Å². The molecule has 0 amide bonds. The molecular weight excluding hydrogens is 152 g/mol. The zero-order chi connectivity index (χ0) is 6.78. The highest BCUT2D eigenvalue weighted by molar-refractivity contribution is 8.01. The van der Waals surface area contributed by atoms with Crippen molar-refractivity contribution in [2.24, 2.45) is 0 Å². The fourth-order valence-electron chi connectivity index (χ4n) is 0.0942. The highest BCUT2D eigenvalue weighted by Crippen LogP contribution is 2.00. The Morgan fingerprint density at radius 3 is 2.00 bits per heavy atom. The van der Waals surface area contributed by atoms with E-state index >= 15 is 0 Å². The molecule has 0 heterocycles. The number of hydrogen-bond acceptors (Lipinski definition) is 4. The van der Waals surface area contributed by atoms with Crippen LogP contribution in [0.2, 0.25) is 0 Å². The maximum atomic E-state index is 9.88. The van der Waals surface area contributed by atoms with Gasteiger partial charge in [0.15, 0.2) is 4.58 Å². The zero-order valence-corrected chi connectivity index (χ0v) is 5.56. The third-order valence-electron chi connectivity index (χ3n) is 0.500. The highest BCUT2D eigenvalue weighted by Gasteiger charge is 2.15. The summed E-state index contributed by atoms with van der Waals surface area (Å²) in [6, 6.07) is 0. The molecule has 0 saturated carbocycles. The topological polar surface area (TPSA) is 74.6 Å². The molecule has 0 radical (unpaired) electrons. The van der Waals surface area contributed by atoms with Gasteiger partial charge in [-0.15, -0.1) is 0 Å². The van der Waals surface area contributed by atoms with Gasteiger partial charge < -0.3 is 5.11 Å². The molecule has 1 atom stereocenters. The van der Waals surface area contributed by atoms with E-state index in [1.54, 1.807) is 0 Å². The lowest BCUT2D eigenvalue weighted by Gasteiger charge is -1.99. The summed E-state index contributed by atoms with van der Waals surface area (Å²) >= 11 is 3.32. The van der Waals surface area contributed by atoms with Gasteiger partial charge in [0.05, 0.1) is 6.61 Å². The number of aliphatic hydroxyl groups excluding tert-OH is 1. The second kappa shape index (κ2) is 2.67. The van der Waals surface area contributed by atoms with E-state index < -0.39 is 21.3 Å². The molecule has 2 N–H and O–H groups in total. The van der Waals surface area contributed by atoms with Crippen molar-refractivity contribution in [2.45, 2.75) is 4.58 Å². The SMILES string of the molecule is O=S(=O)(O)C(S)CO. The van der Waals surface area contributed by atoms with Crippen molar-refractivity contribution >= 4 is 22.7 Å². The molecule has 0 fully saturated rings. The van der Waals surface area contributed by atoms with E-state index in [4.69, 9.17) is 9.66 Å². The van der Waals surface area contributed by atoms with Gasteiger partial charge in [0.2, 0.25) is 0 Å². The van der Waals surface area contributed by atoms with E-state index in [0.717, 1.165) is 0 Å². The maximum absolute atomic E-state index is 9.88. The minimum Gasteiger partial charge on any atom is -0.394 e. The Labute approximate surface area is 52.7 Å². The van der Waals surface area contributed by atoms with Crippen LogP contribution in [0.4, 0.5) is 0 Å². The molecule has 0 aliphatic carbocycles. The molecule has 0 aromatic rings. The summed E-state index contributed by atoms with van der Waals surface area (Å²) in [5, 5.41) is 8.05. The van der Waals surface area contributed by atoms with Gasteiger partial charge >= 0.3 is 0 Å². The minimum absolute atomic E-state index is 0.679. The summed E-state index contributed by atoms with van der Waals surface area (Å²) in [5.41, 5.74) is 0. The first-order valence-corrected chi connectivity index (χ1v) is 3.75. The molecule has 1 unspecified atom stereocenters. The maximum Gasteiger partial charge on any atom is 0.279 e. The van der Waals surface area contributed by atoms with Crippen LogP contribution in [0.3, 0.4) is 0 Å². The van der Waals surface area contributed by atoms with Crippen LogP contribution in [-0.4, -0.2) is 29.3 Å². The summed E-state index contributed by atoms with van der Waals surface area (Å²) in [6.45, 7) is -0.679. The molecule has 0 aromatic carbocycles. The number of aliphatic hydroxyl groups is 1. The fraction of sp³-hybridized carbons (Fsp3) is 1.00. The number of rotatable bonds is 2. The summed E-state index contributed by atoms with van der Waals surface area (Å²) in [6.07, 6.45) is 0. The van der Waals surface area contributed by atoms with Crippen molar-refractivity contribution in [3.05, 3.63) is 0 Å². The van der Waals surface area contributed by atoms with Gasteiger partial charge in [0.1, 0.15) is 0 Å². The first-order chi connectivity index (χ1) is 3.48. The fourth-order valence-corrected chi connectivity index (χ4v) is 0.283. The Morgan fingerprint density at radius 2 is 2.00 bits per heavy atom. The molecule has 0 saturated heterocycles. The van der Waals surface area contributed by atoms with Gasteiger partial charge in [0.25, 0.3) is 10.1 Å². The largest absolute Gasteiger partial charge is 0.394 e. The number of thiol groups is 1. The van der Waals surface area contributed by atoms with E-state index in [1.807, 2.05) is 0 Å². The van der Waals surface area contributed by atoms with Gasteiger partial charge in [-0.2, -0.15) is 21.0 Å². The molecule has 4 nitrogen and oxygen atoms in total. The first kappa shape index (κ1) is 8.22. The van der Waals surface area contributed by atoms with E-state index in [2.05, 4.69) is 12.6 Å². The Balaban J connectivity index is 4.04. The monoisotopic (exact) mass is 158 g/mol. The van der Waals surface area contributed by atoms with Crippen LogP contribution in [0.15, 0.2) is 0 Å². The van der Waals surface area contributed by atoms with E-state index in [1.165, 1.54) is 0 Å². The van der Waals surface area contributed by atoms with Crippen LogP contribution < -0.4 is 0 Å². The summed E-state index contributed by atoms with van der Waals surface area (Å²) in [4.78, 5) is 0. The van der Waals surface area contributed by atoms with Gasteiger partial charge in [-0.3, -0.25) is 4.55 Å². The van der Waals surface area contributed by atoms with Crippen LogP contribution in [0.5, 0.6) is 0 Å². The van der Waals surface area contributed by atoms with Gasteiger partial charge in [-0.1, -0.05) is 0 Å². The van der Waals surface area contributed by atoms with Gasteiger partial charge in [0, 0.05) is 0 Å². The van der Waals surface area contributed by atoms with Crippen molar-refractivity contribution in [1.29, 1.82) is 0 Å². The van der Waals surface area contributed by atoms with E-state index in [9.17, 15) is 8.42 Å². The van der Waals surface area contributed by atoms with Crippen molar-refractivity contribution in [2.75, 3.05) is 6.61 Å². The predicted molar refractivity (Wildman–Crippen MR) is 31.4 cm³/mol. The average Bonchev–Trinajstić information content (AvgIpc) is 1.62. The lowest BCUT2D eigenvalue weighted by molar-refractivity contribution is 0.308. The lowest BCUT2D eigenvalue weighted by Crippen LogP contribution is -2.17. The molecule has 50 valence electrons. The van der Waals surface area contributed by atoms with Crippen molar-refractivity contribution in [3.63, 3.8) is 0 Å². The molecule has 0 aromatic heterocycles. The highest BCUT2D eigenvalue weighted by atomic mass is 32.3. The molecule has 0 spiro atoms. The Hall–Kier alpha value is 0.220. The number of hydrogen-bond donors (Lipinski definition) is 3. The van der Waals surface area contributed by atoms with E-state index in [-0.39, 0.29) is 0 Å². The second-order valence-electron chi connectivity index (χ2n) is 1.15. The molecule has 6 heteroatoms. The second-order valence-corrected chi connectivity index (χ2v) is 3.72. The third-order valence-corrected chi connectivity index (χ3v) is 2.30. The van der Waals surface area contributed by atoms with Crippen molar-refractivity contribution < 1.29 is 18.1 Å². The normalized spacial score (nSPS) is 15.9. The molecule has 8 heavy (non-hydrogen) atoms. The summed E-state index contributed by atoms with van der Waals surface area (Å²) in [7, 11) is -4.14. The first-order valence-electron chi connectivity index (χ1n) is 1.73. The summed E-state index contributed by atoms with van der Waals surface area (Å²) < 4.78 is 26.4. The Kier molecular flexibility index (Phi) is 2.75. The van der Waals surface area contributed by atoms with Crippen LogP contribution in [0.25, 0.3) is 0 Å². The standard InChI is InChI=1S/C2H6O4S2/c3-1-2(7)8(4,5)6/h2-3,7H,1H2,(H,4,5,6). The van der Waals surface area contributed by atoms with E-state index in [0.29, 0.717) is 0 Å². The van der Waals surface area contributed by atoms with Gasteiger partial charge in [-0.25, -0.2) is 0 Å². The molecule has 0 aliphatic heterocycles. The smallest absolute Gasteiger partial charge is 0.279 e. The van der Waals surface area contributed by atoms with Crippen molar-refractivity contribution in [1.82, 2.24) is 0 Å².